The van der Waals surface area contributed by atoms with Gasteiger partial charge in [-0.2, -0.15) is 11.8 Å². The minimum atomic E-state index is -1.20. The highest BCUT2D eigenvalue weighted by molar-refractivity contribution is 7.98. The van der Waals surface area contributed by atoms with Gasteiger partial charge in [0.15, 0.2) is 6.10 Å². The summed E-state index contributed by atoms with van der Waals surface area (Å²) in [6, 6.07) is 6.51. The van der Waals surface area contributed by atoms with Gasteiger partial charge in [-0.3, -0.25) is 14.9 Å². The SMILES string of the molecule is CSCC[C@@H](NC(=O)c1ccccc1)C(=O)O[C@@H](C(=O)NC(N)=O)C(C)C. The molecule has 0 aliphatic rings. The van der Waals surface area contributed by atoms with Gasteiger partial charge in [-0.15, -0.1) is 0 Å². The van der Waals surface area contributed by atoms with Gasteiger partial charge in [0.1, 0.15) is 6.04 Å². The molecule has 27 heavy (non-hydrogen) atoms. The van der Waals surface area contributed by atoms with Gasteiger partial charge in [-0.05, 0) is 36.5 Å². The van der Waals surface area contributed by atoms with E-state index in [4.69, 9.17) is 10.5 Å². The molecule has 0 saturated carbocycles. The molecule has 0 bridgehead atoms. The number of imide groups is 1. The van der Waals surface area contributed by atoms with Crippen LogP contribution in [0, 0.1) is 5.92 Å². The van der Waals surface area contributed by atoms with E-state index in [0.717, 1.165) is 0 Å². The fourth-order valence-corrected chi connectivity index (χ4v) is 2.68. The van der Waals surface area contributed by atoms with Crippen molar-refractivity contribution >= 4 is 35.6 Å². The number of urea groups is 1. The molecular weight excluding hydrogens is 370 g/mol. The Bertz CT molecular complexity index is 666. The summed E-state index contributed by atoms with van der Waals surface area (Å²) in [5, 5.41) is 4.55. The molecule has 0 aliphatic heterocycles. The standard InChI is InChI=1S/C18H25N3O5S/c1-11(2)14(16(23)21-18(19)25)26-17(24)13(9-10-27-3)20-15(22)12-7-5-4-6-8-12/h4-8,11,13-14H,9-10H2,1-3H3,(H,20,22)(H3,19,21,23,25)/t13-,14-/m1/s1. The number of benzene rings is 1. The minimum absolute atomic E-state index is 0.334. The molecule has 0 aliphatic carbocycles. The van der Waals surface area contributed by atoms with E-state index in [1.165, 1.54) is 11.8 Å². The van der Waals surface area contributed by atoms with Crippen molar-refractivity contribution in [1.82, 2.24) is 10.6 Å². The van der Waals surface area contributed by atoms with Crippen molar-refractivity contribution in [2.24, 2.45) is 11.7 Å². The summed E-state index contributed by atoms with van der Waals surface area (Å²) in [7, 11) is 0. The van der Waals surface area contributed by atoms with Crippen LogP contribution >= 0.6 is 11.8 Å². The lowest BCUT2D eigenvalue weighted by Gasteiger charge is -2.23. The van der Waals surface area contributed by atoms with Crippen molar-refractivity contribution < 1.29 is 23.9 Å². The van der Waals surface area contributed by atoms with Crippen molar-refractivity contribution in [3.05, 3.63) is 35.9 Å². The van der Waals surface area contributed by atoms with Gasteiger partial charge in [-0.1, -0.05) is 32.0 Å². The highest BCUT2D eigenvalue weighted by Gasteiger charge is 2.31. The minimum Gasteiger partial charge on any atom is -0.450 e. The van der Waals surface area contributed by atoms with Gasteiger partial charge in [0.05, 0.1) is 0 Å². The fraction of sp³-hybridized carbons (Fsp3) is 0.444. The number of thioether (sulfide) groups is 1. The molecule has 148 valence electrons. The Balaban J connectivity index is 2.87. The molecule has 1 rings (SSSR count). The summed E-state index contributed by atoms with van der Waals surface area (Å²) >= 11 is 1.51. The zero-order valence-corrected chi connectivity index (χ0v) is 16.4. The number of primary amides is 1. The number of nitrogens with two attached hydrogens (primary N) is 1. The normalized spacial score (nSPS) is 12.7. The van der Waals surface area contributed by atoms with Gasteiger partial charge >= 0.3 is 12.0 Å². The molecule has 9 heteroatoms. The molecule has 0 fully saturated rings. The van der Waals surface area contributed by atoms with Crippen LogP contribution in [0.25, 0.3) is 0 Å². The molecule has 4 amide bonds. The van der Waals surface area contributed by atoms with Crippen molar-refractivity contribution in [2.45, 2.75) is 32.4 Å². The van der Waals surface area contributed by atoms with E-state index in [2.05, 4.69) is 5.32 Å². The van der Waals surface area contributed by atoms with E-state index >= 15 is 0 Å². The fourth-order valence-electron chi connectivity index (χ4n) is 2.21. The third-order valence-corrected chi connectivity index (χ3v) is 4.23. The highest BCUT2D eigenvalue weighted by Crippen LogP contribution is 2.11. The van der Waals surface area contributed by atoms with Gasteiger partial charge in [-0.25, -0.2) is 9.59 Å². The summed E-state index contributed by atoms with van der Waals surface area (Å²) in [5.41, 5.74) is 5.36. The third-order valence-electron chi connectivity index (χ3n) is 3.59. The first-order valence-corrected chi connectivity index (χ1v) is 9.81. The number of nitrogens with one attached hydrogen (secondary N) is 2. The van der Waals surface area contributed by atoms with Gasteiger partial charge < -0.3 is 15.8 Å². The molecule has 0 unspecified atom stereocenters. The van der Waals surface area contributed by atoms with Crippen LogP contribution in [0.3, 0.4) is 0 Å². The van der Waals surface area contributed by atoms with Crippen LogP contribution in [-0.2, 0) is 14.3 Å². The topological polar surface area (TPSA) is 128 Å². The van der Waals surface area contributed by atoms with E-state index in [0.29, 0.717) is 17.7 Å². The van der Waals surface area contributed by atoms with E-state index in [-0.39, 0.29) is 5.92 Å². The van der Waals surface area contributed by atoms with Crippen molar-refractivity contribution in [3.63, 3.8) is 0 Å². The predicted octanol–water partition coefficient (Wildman–Crippen LogP) is 1.30. The Morgan fingerprint density at radius 1 is 1.15 bits per heavy atom. The molecule has 0 aromatic heterocycles. The Kier molecular flexibility index (Phi) is 9.35. The smallest absolute Gasteiger partial charge is 0.329 e. The molecule has 4 N–H and O–H groups in total. The highest BCUT2D eigenvalue weighted by atomic mass is 32.2. The first-order chi connectivity index (χ1) is 12.8. The maximum Gasteiger partial charge on any atom is 0.329 e. The summed E-state index contributed by atoms with van der Waals surface area (Å²) in [6.45, 7) is 3.33. The number of amides is 4. The lowest BCUT2D eigenvalue weighted by molar-refractivity contribution is -0.160. The van der Waals surface area contributed by atoms with Gasteiger partial charge in [0, 0.05) is 5.56 Å². The maximum absolute atomic E-state index is 12.6. The lowest BCUT2D eigenvalue weighted by atomic mass is 10.1. The average molecular weight is 395 g/mol. The van der Waals surface area contributed by atoms with Crippen LogP contribution in [0.4, 0.5) is 4.79 Å². The van der Waals surface area contributed by atoms with E-state index in [9.17, 15) is 19.2 Å². The first kappa shape index (κ1) is 22.5. The molecule has 8 nitrogen and oxygen atoms in total. The van der Waals surface area contributed by atoms with Gasteiger partial charge in [0.2, 0.25) is 0 Å². The molecule has 0 heterocycles. The summed E-state index contributed by atoms with van der Waals surface area (Å²) < 4.78 is 5.29. The molecule has 0 radical (unpaired) electrons. The second-order valence-corrected chi connectivity index (χ2v) is 7.11. The number of carbonyl (C=O) groups is 4. The number of esters is 1. The predicted molar refractivity (Wildman–Crippen MR) is 103 cm³/mol. The second kappa shape index (κ2) is 11.2. The molecular formula is C18H25N3O5S. The molecule has 0 saturated heterocycles. The lowest BCUT2D eigenvalue weighted by Crippen LogP contribution is -2.49. The Hall–Kier alpha value is -2.55. The van der Waals surface area contributed by atoms with Crippen LogP contribution in [0.15, 0.2) is 30.3 Å². The quantitative estimate of drug-likeness (QED) is 0.541. The monoisotopic (exact) mass is 395 g/mol. The van der Waals surface area contributed by atoms with Crippen LogP contribution in [0.5, 0.6) is 0 Å². The van der Waals surface area contributed by atoms with E-state index < -0.39 is 36.0 Å². The molecule has 2 atom stereocenters. The summed E-state index contributed by atoms with van der Waals surface area (Å²) in [6.07, 6.45) is 1.01. The van der Waals surface area contributed by atoms with Crippen LogP contribution in [0.2, 0.25) is 0 Å². The third kappa shape index (κ3) is 7.69. The number of rotatable bonds is 9. The van der Waals surface area contributed by atoms with Crippen molar-refractivity contribution in [2.75, 3.05) is 12.0 Å². The van der Waals surface area contributed by atoms with Crippen LogP contribution in [-0.4, -0.2) is 48.0 Å². The summed E-state index contributed by atoms with van der Waals surface area (Å²) in [4.78, 5) is 47.9. The number of hydrogen-bond acceptors (Lipinski definition) is 6. The zero-order chi connectivity index (χ0) is 20.4. The average Bonchev–Trinajstić information content (AvgIpc) is 2.62. The molecule has 0 spiro atoms. The molecule has 1 aromatic rings. The van der Waals surface area contributed by atoms with E-state index in [1.54, 1.807) is 44.2 Å². The Morgan fingerprint density at radius 3 is 2.30 bits per heavy atom. The Labute approximate surface area is 162 Å². The largest absolute Gasteiger partial charge is 0.450 e. The van der Waals surface area contributed by atoms with Crippen LogP contribution in [0.1, 0.15) is 30.6 Å². The van der Waals surface area contributed by atoms with E-state index in [1.807, 2.05) is 11.6 Å². The number of hydrogen-bond donors (Lipinski definition) is 3. The Morgan fingerprint density at radius 2 is 1.78 bits per heavy atom. The van der Waals surface area contributed by atoms with Gasteiger partial charge in [0.25, 0.3) is 11.8 Å². The van der Waals surface area contributed by atoms with Crippen molar-refractivity contribution in [3.8, 4) is 0 Å². The van der Waals surface area contributed by atoms with Crippen LogP contribution < -0.4 is 16.4 Å². The molecule has 1 aromatic carbocycles. The maximum atomic E-state index is 12.6. The van der Waals surface area contributed by atoms with Crippen molar-refractivity contribution in [1.29, 1.82) is 0 Å². The number of ether oxygens (including phenoxy) is 1. The first-order valence-electron chi connectivity index (χ1n) is 8.41. The summed E-state index contributed by atoms with van der Waals surface area (Å²) in [5.74, 6) is -1.74. The number of carbonyl (C=O) groups excluding carboxylic acids is 4. The zero-order valence-electron chi connectivity index (χ0n) is 15.6. The second-order valence-electron chi connectivity index (χ2n) is 6.13.